The molecule has 0 saturated heterocycles. The molecule has 1 N–H and O–H groups in total. The van der Waals surface area contributed by atoms with Crippen molar-refractivity contribution in [2.24, 2.45) is 5.92 Å². The van der Waals surface area contributed by atoms with Crippen LogP contribution in [0.25, 0.3) is 0 Å². The smallest absolute Gasteiger partial charge is 0.264 e. The molecule has 0 aromatic heterocycles. The zero-order valence-corrected chi connectivity index (χ0v) is 16.7. The lowest BCUT2D eigenvalue weighted by Crippen LogP contribution is -2.31. The highest BCUT2D eigenvalue weighted by Crippen LogP contribution is 2.35. The van der Waals surface area contributed by atoms with Crippen molar-refractivity contribution in [1.29, 1.82) is 0 Å². The molecule has 1 heterocycles. The van der Waals surface area contributed by atoms with Gasteiger partial charge in [0.25, 0.3) is 10.0 Å². The Labute approximate surface area is 158 Å². The number of aryl methyl sites for hydroxylation is 1. The van der Waals surface area contributed by atoms with Gasteiger partial charge in [-0.15, -0.1) is 11.8 Å². The fourth-order valence-electron chi connectivity index (χ4n) is 2.84. The second-order valence-electron chi connectivity index (χ2n) is 6.37. The molecule has 1 atom stereocenters. The van der Waals surface area contributed by atoms with E-state index in [-0.39, 0.29) is 16.7 Å². The van der Waals surface area contributed by atoms with E-state index in [1.165, 1.54) is 4.31 Å². The molecule has 0 fully saturated rings. The number of hydrogen-bond acceptors (Lipinski definition) is 4. The van der Waals surface area contributed by atoms with Gasteiger partial charge < -0.3 is 5.32 Å². The molecule has 26 heavy (non-hydrogen) atoms. The Morgan fingerprint density at radius 1 is 1.23 bits per heavy atom. The Morgan fingerprint density at radius 2 is 2.00 bits per heavy atom. The van der Waals surface area contributed by atoms with Crippen LogP contribution < -0.4 is 9.62 Å². The molecule has 1 aliphatic heterocycles. The van der Waals surface area contributed by atoms with E-state index < -0.39 is 10.0 Å². The molecule has 138 valence electrons. The highest BCUT2D eigenvalue weighted by atomic mass is 32.2. The van der Waals surface area contributed by atoms with Crippen molar-refractivity contribution in [3.8, 4) is 0 Å². The number of carbonyl (C=O) groups is 1. The third-order valence-corrected chi connectivity index (χ3v) is 7.54. The van der Waals surface area contributed by atoms with Crippen molar-refractivity contribution in [3.63, 3.8) is 0 Å². The van der Waals surface area contributed by atoms with Crippen LogP contribution in [0.1, 0.15) is 19.4 Å². The highest BCUT2D eigenvalue weighted by Gasteiger charge is 2.26. The van der Waals surface area contributed by atoms with E-state index in [2.05, 4.69) is 5.32 Å². The third kappa shape index (κ3) is 3.59. The number of nitrogens with zero attached hydrogens (tertiary/aromatic N) is 1. The summed E-state index contributed by atoms with van der Waals surface area (Å²) in [5.41, 5.74) is 2.19. The van der Waals surface area contributed by atoms with E-state index >= 15 is 0 Å². The third-order valence-electron chi connectivity index (χ3n) is 4.31. The van der Waals surface area contributed by atoms with Crippen LogP contribution in [0, 0.1) is 12.8 Å². The first-order valence-electron chi connectivity index (χ1n) is 8.50. The molecule has 3 rings (SSSR count). The Bertz CT molecular complexity index is 942. The zero-order chi connectivity index (χ0) is 18.9. The Kier molecular flexibility index (Phi) is 5.29. The van der Waals surface area contributed by atoms with Crippen molar-refractivity contribution in [1.82, 2.24) is 0 Å². The minimum absolute atomic E-state index is 0.0863. The summed E-state index contributed by atoms with van der Waals surface area (Å²) in [5, 5.41) is 2.85. The topological polar surface area (TPSA) is 66.5 Å². The Hall–Kier alpha value is -1.99. The molecule has 0 spiro atoms. The molecule has 0 aliphatic carbocycles. The number of anilines is 2. The number of hydrogen-bond donors (Lipinski definition) is 1. The van der Waals surface area contributed by atoms with Gasteiger partial charge in [0.15, 0.2) is 0 Å². The normalized spacial score (nSPS) is 17.2. The number of fused-ring (bicyclic) bond motifs is 1. The van der Waals surface area contributed by atoms with Gasteiger partial charge in [-0.1, -0.05) is 19.1 Å². The zero-order valence-electron chi connectivity index (χ0n) is 15.0. The monoisotopic (exact) mass is 390 g/mol. The first-order valence-corrected chi connectivity index (χ1v) is 10.9. The van der Waals surface area contributed by atoms with Crippen LogP contribution in [0.5, 0.6) is 0 Å². The minimum Gasteiger partial charge on any atom is -0.325 e. The number of rotatable bonds is 4. The molecule has 0 bridgehead atoms. The van der Waals surface area contributed by atoms with E-state index in [1.807, 2.05) is 39.0 Å². The quantitative estimate of drug-likeness (QED) is 0.860. The summed E-state index contributed by atoms with van der Waals surface area (Å²) in [5.74, 6) is 0.471. The lowest BCUT2D eigenvalue weighted by atomic mass is 10.2. The van der Waals surface area contributed by atoms with Crippen molar-refractivity contribution in [3.05, 3.63) is 48.0 Å². The molecular formula is C19H22N2O3S2. The number of benzene rings is 2. The Balaban J connectivity index is 2.02. The van der Waals surface area contributed by atoms with E-state index in [1.54, 1.807) is 36.0 Å². The van der Waals surface area contributed by atoms with Gasteiger partial charge in [-0.2, -0.15) is 0 Å². The van der Waals surface area contributed by atoms with Crippen LogP contribution in [-0.4, -0.2) is 26.6 Å². The highest BCUT2D eigenvalue weighted by molar-refractivity contribution is 7.99. The number of amides is 1. The maximum atomic E-state index is 13.2. The van der Waals surface area contributed by atoms with Crippen LogP contribution in [0.15, 0.2) is 52.3 Å². The number of sulfonamides is 1. The molecule has 0 saturated carbocycles. The summed E-state index contributed by atoms with van der Waals surface area (Å²) < 4.78 is 27.8. The summed E-state index contributed by atoms with van der Waals surface area (Å²) in [7, 11) is -3.72. The molecule has 1 amide bonds. The summed E-state index contributed by atoms with van der Waals surface area (Å²) in [6.45, 7) is 5.92. The van der Waals surface area contributed by atoms with Gasteiger partial charge in [0.1, 0.15) is 0 Å². The lowest BCUT2D eigenvalue weighted by Gasteiger charge is -2.23. The minimum atomic E-state index is -3.72. The molecule has 2 aromatic rings. The fraction of sp³-hybridized carbons (Fsp3) is 0.316. The standard InChI is InChI=1S/C19H22N2O3S2/c1-4-21(15-7-5-6-13(2)10-15)26(23,24)16-8-9-18-17(11-16)20-19(22)14(3)12-25-18/h5-11,14H,4,12H2,1-3H3,(H,20,22)/t14-/m0/s1. The average Bonchev–Trinajstić information content (AvgIpc) is 2.74. The van der Waals surface area contributed by atoms with Crippen LogP contribution in [-0.2, 0) is 14.8 Å². The number of nitrogens with one attached hydrogen (secondary N) is 1. The summed E-state index contributed by atoms with van der Waals surface area (Å²) >= 11 is 1.56. The summed E-state index contributed by atoms with van der Waals surface area (Å²) in [4.78, 5) is 13.2. The first-order chi connectivity index (χ1) is 12.3. The molecule has 0 unspecified atom stereocenters. The van der Waals surface area contributed by atoms with Crippen LogP contribution in [0.2, 0.25) is 0 Å². The lowest BCUT2D eigenvalue weighted by molar-refractivity contribution is -0.118. The van der Waals surface area contributed by atoms with Gasteiger partial charge in [0.05, 0.1) is 16.3 Å². The Morgan fingerprint density at radius 3 is 2.69 bits per heavy atom. The van der Waals surface area contributed by atoms with E-state index in [0.29, 0.717) is 23.7 Å². The van der Waals surface area contributed by atoms with Gasteiger partial charge >= 0.3 is 0 Å². The van der Waals surface area contributed by atoms with Gasteiger partial charge in [-0.05, 0) is 49.7 Å². The predicted molar refractivity (Wildman–Crippen MR) is 106 cm³/mol. The van der Waals surface area contributed by atoms with Crippen LogP contribution >= 0.6 is 11.8 Å². The van der Waals surface area contributed by atoms with E-state index in [0.717, 1.165) is 10.5 Å². The molecule has 7 heteroatoms. The maximum absolute atomic E-state index is 13.2. The summed E-state index contributed by atoms with van der Waals surface area (Å²) in [6, 6.07) is 12.4. The fourth-order valence-corrected chi connectivity index (χ4v) is 5.34. The summed E-state index contributed by atoms with van der Waals surface area (Å²) in [6.07, 6.45) is 0. The molecule has 0 radical (unpaired) electrons. The van der Waals surface area contributed by atoms with Crippen molar-refractivity contribution >= 4 is 39.1 Å². The van der Waals surface area contributed by atoms with Gasteiger partial charge in [-0.25, -0.2) is 8.42 Å². The SMILES string of the molecule is CCN(c1cccc(C)c1)S(=O)(=O)c1ccc2c(c1)NC(=O)[C@@H](C)CS2. The largest absolute Gasteiger partial charge is 0.325 e. The predicted octanol–water partition coefficient (Wildman–Crippen LogP) is 3.89. The van der Waals surface area contributed by atoms with Crippen molar-refractivity contribution in [2.45, 2.75) is 30.6 Å². The van der Waals surface area contributed by atoms with E-state index in [9.17, 15) is 13.2 Å². The van der Waals surface area contributed by atoms with Crippen LogP contribution in [0.4, 0.5) is 11.4 Å². The van der Waals surface area contributed by atoms with Crippen molar-refractivity contribution < 1.29 is 13.2 Å². The molecular weight excluding hydrogens is 368 g/mol. The maximum Gasteiger partial charge on any atom is 0.264 e. The van der Waals surface area contributed by atoms with Gasteiger partial charge in [0.2, 0.25) is 5.91 Å². The first kappa shape index (κ1) is 18.8. The van der Waals surface area contributed by atoms with Crippen molar-refractivity contribution in [2.75, 3.05) is 21.9 Å². The second kappa shape index (κ2) is 7.32. The van der Waals surface area contributed by atoms with Gasteiger partial charge in [0, 0.05) is 23.1 Å². The molecule has 2 aromatic carbocycles. The second-order valence-corrected chi connectivity index (χ2v) is 9.29. The van der Waals surface area contributed by atoms with Crippen LogP contribution in [0.3, 0.4) is 0 Å². The molecule has 1 aliphatic rings. The molecule has 5 nitrogen and oxygen atoms in total. The number of carbonyl (C=O) groups excluding carboxylic acids is 1. The van der Waals surface area contributed by atoms with E-state index in [4.69, 9.17) is 0 Å². The average molecular weight is 391 g/mol. The number of thioether (sulfide) groups is 1. The van der Waals surface area contributed by atoms with Gasteiger partial charge in [-0.3, -0.25) is 9.10 Å².